The van der Waals surface area contributed by atoms with Gasteiger partial charge < -0.3 is 5.32 Å². The molecule has 1 aliphatic heterocycles. The lowest BCUT2D eigenvalue weighted by molar-refractivity contribution is -0.126. The van der Waals surface area contributed by atoms with E-state index < -0.39 is 10.0 Å². The van der Waals surface area contributed by atoms with E-state index in [2.05, 4.69) is 38.2 Å². The van der Waals surface area contributed by atoms with Crippen molar-refractivity contribution in [1.82, 2.24) is 9.62 Å². The molecule has 3 rings (SSSR count). The van der Waals surface area contributed by atoms with Crippen LogP contribution in [0.15, 0.2) is 41.3 Å². The molecule has 0 radical (unpaired) electrons. The Morgan fingerprint density at radius 2 is 1.67 bits per heavy atom. The van der Waals surface area contributed by atoms with Gasteiger partial charge in [0.2, 0.25) is 15.9 Å². The van der Waals surface area contributed by atoms with Crippen LogP contribution in [0.2, 0.25) is 0 Å². The number of carbonyl (C=O) groups excluding carboxylic acids is 1. The Morgan fingerprint density at radius 1 is 1.03 bits per heavy atom. The highest BCUT2D eigenvalue weighted by atomic mass is 32.2. The van der Waals surface area contributed by atoms with E-state index in [0.717, 1.165) is 16.7 Å². The molecule has 2 aromatic rings. The monoisotopic (exact) mass is 428 g/mol. The summed E-state index contributed by atoms with van der Waals surface area (Å²) in [7, 11) is -3.59. The van der Waals surface area contributed by atoms with E-state index in [9.17, 15) is 13.2 Å². The van der Waals surface area contributed by atoms with Crippen LogP contribution in [0.25, 0.3) is 0 Å². The fourth-order valence-electron chi connectivity index (χ4n) is 4.09. The van der Waals surface area contributed by atoms with Crippen LogP contribution in [0.1, 0.15) is 53.6 Å². The molecule has 162 valence electrons. The van der Waals surface area contributed by atoms with Gasteiger partial charge in [-0.05, 0) is 81.8 Å². The molecule has 5 nitrogen and oxygen atoms in total. The average Bonchev–Trinajstić information content (AvgIpc) is 2.71. The predicted octanol–water partition coefficient (Wildman–Crippen LogP) is 4.20. The molecular formula is C24H32N2O3S. The largest absolute Gasteiger partial charge is 0.349 e. The number of nitrogens with one attached hydrogen (secondary N) is 1. The fourth-order valence-corrected chi connectivity index (χ4v) is 5.62. The first-order valence-electron chi connectivity index (χ1n) is 10.5. The van der Waals surface area contributed by atoms with Crippen LogP contribution in [0.4, 0.5) is 0 Å². The van der Waals surface area contributed by atoms with Crippen molar-refractivity contribution in [1.29, 1.82) is 0 Å². The molecule has 0 saturated carbocycles. The normalized spacial score (nSPS) is 18.8. The van der Waals surface area contributed by atoms with Crippen LogP contribution in [0.3, 0.4) is 0 Å². The predicted molar refractivity (Wildman–Crippen MR) is 120 cm³/mol. The number of amides is 1. The standard InChI is InChI=1S/C24H32N2O3S/c1-16-8-10-22(11-9-16)30(28,29)26-12-6-7-21(15-26)24(27)25-20(5)23-14-18(3)17(2)13-19(23)4/h8-11,13-14,20-21H,6-7,12,15H2,1-5H3,(H,25,27)/t20-,21+/m0/s1. The lowest BCUT2D eigenvalue weighted by Gasteiger charge is -2.32. The zero-order valence-corrected chi connectivity index (χ0v) is 19.3. The molecule has 1 heterocycles. The number of piperidine rings is 1. The van der Waals surface area contributed by atoms with Crippen LogP contribution < -0.4 is 5.32 Å². The fraction of sp³-hybridized carbons (Fsp3) is 0.458. The van der Waals surface area contributed by atoms with Crippen LogP contribution in [-0.2, 0) is 14.8 Å². The first-order chi connectivity index (χ1) is 14.1. The maximum atomic E-state index is 13.0. The molecule has 0 aromatic heterocycles. The lowest BCUT2D eigenvalue weighted by atomic mass is 9.95. The van der Waals surface area contributed by atoms with Gasteiger partial charge in [0.15, 0.2) is 0 Å². The molecule has 1 amide bonds. The molecule has 2 aromatic carbocycles. The Hall–Kier alpha value is -2.18. The molecule has 1 fully saturated rings. The molecule has 1 N–H and O–H groups in total. The molecule has 2 atom stereocenters. The molecule has 0 unspecified atom stereocenters. The van der Waals surface area contributed by atoms with E-state index in [-0.39, 0.29) is 29.3 Å². The second kappa shape index (κ2) is 8.90. The lowest BCUT2D eigenvalue weighted by Crippen LogP contribution is -2.45. The Balaban J connectivity index is 1.71. The third-order valence-electron chi connectivity index (χ3n) is 6.12. The van der Waals surface area contributed by atoms with Crippen molar-refractivity contribution in [3.63, 3.8) is 0 Å². The molecule has 0 spiro atoms. The Labute approximate surface area is 180 Å². The maximum absolute atomic E-state index is 13.0. The van der Waals surface area contributed by atoms with Gasteiger partial charge in [-0.3, -0.25) is 4.79 Å². The number of benzene rings is 2. The highest BCUT2D eigenvalue weighted by molar-refractivity contribution is 7.89. The molecule has 0 bridgehead atoms. The topological polar surface area (TPSA) is 66.5 Å². The second-order valence-electron chi connectivity index (χ2n) is 8.54. The van der Waals surface area contributed by atoms with Crippen molar-refractivity contribution < 1.29 is 13.2 Å². The molecular weight excluding hydrogens is 396 g/mol. The number of nitrogens with zero attached hydrogens (tertiary/aromatic N) is 1. The summed E-state index contributed by atoms with van der Waals surface area (Å²) in [6.07, 6.45) is 1.38. The average molecular weight is 429 g/mol. The Bertz CT molecular complexity index is 1030. The van der Waals surface area contributed by atoms with Crippen molar-refractivity contribution >= 4 is 15.9 Å². The smallest absolute Gasteiger partial charge is 0.243 e. The van der Waals surface area contributed by atoms with Gasteiger partial charge in [-0.25, -0.2) is 8.42 Å². The Kier molecular flexibility index (Phi) is 6.68. The van der Waals surface area contributed by atoms with Crippen LogP contribution >= 0.6 is 0 Å². The van der Waals surface area contributed by atoms with Crippen LogP contribution in [-0.4, -0.2) is 31.7 Å². The van der Waals surface area contributed by atoms with Crippen molar-refractivity contribution in [3.8, 4) is 0 Å². The minimum atomic E-state index is -3.59. The number of hydrogen-bond acceptors (Lipinski definition) is 3. The second-order valence-corrected chi connectivity index (χ2v) is 10.5. The van der Waals surface area contributed by atoms with Gasteiger partial charge in [0, 0.05) is 13.1 Å². The summed E-state index contributed by atoms with van der Waals surface area (Å²) >= 11 is 0. The number of rotatable bonds is 5. The van der Waals surface area contributed by atoms with Crippen molar-refractivity contribution in [2.24, 2.45) is 5.92 Å². The number of sulfonamides is 1. The summed E-state index contributed by atoms with van der Waals surface area (Å²) in [5.41, 5.74) is 5.70. The molecule has 1 saturated heterocycles. The highest BCUT2D eigenvalue weighted by Gasteiger charge is 2.33. The molecule has 0 aliphatic carbocycles. The van der Waals surface area contributed by atoms with Crippen molar-refractivity contribution in [3.05, 3.63) is 64.2 Å². The minimum absolute atomic E-state index is 0.0797. The van der Waals surface area contributed by atoms with E-state index in [1.807, 2.05) is 13.8 Å². The van der Waals surface area contributed by atoms with Gasteiger partial charge in [-0.2, -0.15) is 4.31 Å². The summed E-state index contributed by atoms with van der Waals surface area (Å²) in [6.45, 7) is 10.8. The van der Waals surface area contributed by atoms with E-state index >= 15 is 0 Å². The van der Waals surface area contributed by atoms with Gasteiger partial charge in [0.05, 0.1) is 16.9 Å². The zero-order chi connectivity index (χ0) is 22.1. The van der Waals surface area contributed by atoms with Gasteiger partial charge in [0.25, 0.3) is 0 Å². The van der Waals surface area contributed by atoms with Gasteiger partial charge in [-0.1, -0.05) is 29.8 Å². The summed E-state index contributed by atoms with van der Waals surface area (Å²) in [5, 5.41) is 3.11. The van der Waals surface area contributed by atoms with E-state index in [1.165, 1.54) is 15.4 Å². The van der Waals surface area contributed by atoms with Crippen LogP contribution in [0, 0.1) is 33.6 Å². The van der Waals surface area contributed by atoms with E-state index in [1.54, 1.807) is 24.3 Å². The third kappa shape index (κ3) is 4.76. The third-order valence-corrected chi connectivity index (χ3v) is 8.00. The maximum Gasteiger partial charge on any atom is 0.243 e. The van der Waals surface area contributed by atoms with E-state index in [4.69, 9.17) is 0 Å². The SMILES string of the molecule is Cc1ccc(S(=O)(=O)N2CCC[C@@H](C(=O)N[C@@H](C)c3cc(C)c(C)cc3C)C2)cc1. The first kappa shape index (κ1) is 22.5. The van der Waals surface area contributed by atoms with Gasteiger partial charge in [-0.15, -0.1) is 0 Å². The van der Waals surface area contributed by atoms with Crippen molar-refractivity contribution in [2.75, 3.05) is 13.1 Å². The number of carbonyl (C=O) groups is 1. The highest BCUT2D eigenvalue weighted by Crippen LogP contribution is 2.26. The number of aryl methyl sites for hydroxylation is 4. The molecule has 1 aliphatic rings. The van der Waals surface area contributed by atoms with Gasteiger partial charge >= 0.3 is 0 Å². The summed E-state index contributed by atoms with van der Waals surface area (Å²) in [5.74, 6) is -0.419. The molecule has 6 heteroatoms. The number of hydrogen-bond donors (Lipinski definition) is 1. The summed E-state index contributed by atoms with van der Waals surface area (Å²) < 4.78 is 27.5. The Morgan fingerprint density at radius 3 is 2.33 bits per heavy atom. The van der Waals surface area contributed by atoms with Gasteiger partial charge in [0.1, 0.15) is 0 Å². The quantitative estimate of drug-likeness (QED) is 0.776. The molecule has 30 heavy (non-hydrogen) atoms. The van der Waals surface area contributed by atoms with Crippen LogP contribution in [0.5, 0.6) is 0 Å². The first-order valence-corrected chi connectivity index (χ1v) is 12.0. The van der Waals surface area contributed by atoms with E-state index in [0.29, 0.717) is 19.4 Å². The minimum Gasteiger partial charge on any atom is -0.349 e. The zero-order valence-electron chi connectivity index (χ0n) is 18.5. The summed E-state index contributed by atoms with van der Waals surface area (Å²) in [4.78, 5) is 13.3. The summed E-state index contributed by atoms with van der Waals surface area (Å²) in [6, 6.07) is 11.0. The van der Waals surface area contributed by atoms with Crippen molar-refractivity contribution in [2.45, 2.75) is 58.4 Å².